The lowest BCUT2D eigenvalue weighted by molar-refractivity contribution is -0.121. The van der Waals surface area contributed by atoms with Crippen LogP contribution >= 0.6 is 11.6 Å². The van der Waals surface area contributed by atoms with Crippen LogP contribution in [0.4, 0.5) is 10.5 Å². The number of carbonyl (C=O) groups excluding carboxylic acids is 2. The van der Waals surface area contributed by atoms with E-state index in [-0.39, 0.29) is 23.5 Å². The second kappa shape index (κ2) is 11.1. The third-order valence-electron chi connectivity index (χ3n) is 4.00. The normalized spacial score (nSPS) is 12.6. The Kier molecular flexibility index (Phi) is 9.60. The van der Waals surface area contributed by atoms with Gasteiger partial charge < -0.3 is 21.3 Å². The molecule has 0 saturated heterocycles. The predicted molar refractivity (Wildman–Crippen MR) is 112 cm³/mol. The van der Waals surface area contributed by atoms with Gasteiger partial charge >= 0.3 is 6.03 Å². The molecule has 0 spiro atoms. The van der Waals surface area contributed by atoms with Crippen LogP contribution in [0.15, 0.2) is 24.3 Å². The number of rotatable bonds is 10. The Morgan fingerprint density at radius 2 is 1.74 bits per heavy atom. The first-order valence-corrected chi connectivity index (χ1v) is 9.80. The van der Waals surface area contributed by atoms with Gasteiger partial charge in [-0.2, -0.15) is 0 Å². The minimum absolute atomic E-state index is 0.0587. The number of halogens is 1. The highest BCUT2D eigenvalue weighted by Gasteiger charge is 2.20. The number of hydrogen-bond donors (Lipinski definition) is 4. The Morgan fingerprint density at radius 1 is 1.11 bits per heavy atom. The van der Waals surface area contributed by atoms with Crippen LogP contribution in [0.2, 0.25) is 5.02 Å². The van der Waals surface area contributed by atoms with E-state index in [9.17, 15) is 9.59 Å². The van der Waals surface area contributed by atoms with Crippen LogP contribution in [0.1, 0.15) is 47.5 Å². The van der Waals surface area contributed by atoms with Crippen LogP contribution in [0.5, 0.6) is 0 Å². The first-order chi connectivity index (χ1) is 12.6. The van der Waals surface area contributed by atoms with Crippen molar-refractivity contribution in [1.82, 2.24) is 16.0 Å². The number of nitrogens with one attached hydrogen (secondary N) is 4. The summed E-state index contributed by atoms with van der Waals surface area (Å²) in [6.07, 6.45) is 1.18. The second-order valence-electron chi connectivity index (χ2n) is 7.98. The molecule has 0 bridgehead atoms. The van der Waals surface area contributed by atoms with Crippen LogP contribution in [0.25, 0.3) is 0 Å². The van der Waals surface area contributed by atoms with Gasteiger partial charge in [-0.1, -0.05) is 25.4 Å². The minimum atomic E-state index is -0.386. The van der Waals surface area contributed by atoms with Gasteiger partial charge in [-0.3, -0.25) is 4.79 Å². The van der Waals surface area contributed by atoms with Crippen LogP contribution < -0.4 is 21.3 Å². The predicted octanol–water partition coefficient (Wildman–Crippen LogP) is 3.77. The van der Waals surface area contributed by atoms with Gasteiger partial charge in [0.25, 0.3) is 0 Å². The lowest BCUT2D eigenvalue weighted by Gasteiger charge is -2.27. The number of anilines is 1. The summed E-state index contributed by atoms with van der Waals surface area (Å²) in [7, 11) is 0. The number of urea groups is 1. The summed E-state index contributed by atoms with van der Waals surface area (Å²) < 4.78 is 0. The minimum Gasteiger partial charge on any atom is -0.356 e. The van der Waals surface area contributed by atoms with E-state index in [4.69, 9.17) is 11.6 Å². The number of amides is 3. The molecule has 0 aromatic heterocycles. The van der Waals surface area contributed by atoms with Crippen molar-refractivity contribution in [3.05, 3.63) is 29.3 Å². The van der Waals surface area contributed by atoms with Gasteiger partial charge in [0, 0.05) is 35.3 Å². The molecule has 0 aliphatic heterocycles. The molecule has 0 fully saturated rings. The molecule has 0 radical (unpaired) electrons. The van der Waals surface area contributed by atoms with E-state index in [1.807, 2.05) is 20.8 Å². The smallest absolute Gasteiger partial charge is 0.319 e. The lowest BCUT2D eigenvalue weighted by Crippen LogP contribution is -2.47. The highest BCUT2D eigenvalue weighted by molar-refractivity contribution is 6.30. The van der Waals surface area contributed by atoms with Crippen LogP contribution in [-0.4, -0.2) is 36.6 Å². The molecular formula is C20H33ClN4O2. The van der Waals surface area contributed by atoms with E-state index in [2.05, 4.69) is 35.1 Å². The van der Waals surface area contributed by atoms with Crippen molar-refractivity contribution < 1.29 is 9.59 Å². The maximum Gasteiger partial charge on any atom is 0.319 e. The van der Waals surface area contributed by atoms with E-state index in [1.165, 1.54) is 0 Å². The Hall–Kier alpha value is -1.79. The molecule has 1 unspecified atom stereocenters. The lowest BCUT2D eigenvalue weighted by atomic mass is 10.0. The van der Waals surface area contributed by atoms with Crippen LogP contribution in [-0.2, 0) is 4.79 Å². The standard InChI is InChI=1S/C20H33ClN4O2/c1-14(2)13-23-18(26)12-15(3)22-11-10-20(4,5)25-19(27)24-17-8-6-16(21)7-9-17/h6-9,14-15,22H,10-13H2,1-5H3,(H,23,26)(H2,24,25,27). The molecule has 6 nitrogen and oxygen atoms in total. The topological polar surface area (TPSA) is 82.3 Å². The van der Waals surface area contributed by atoms with E-state index >= 15 is 0 Å². The van der Waals surface area contributed by atoms with E-state index in [0.29, 0.717) is 36.1 Å². The van der Waals surface area contributed by atoms with Gasteiger partial charge in [-0.05, 0) is 63.9 Å². The zero-order valence-corrected chi connectivity index (χ0v) is 17.7. The SMILES string of the molecule is CC(C)CNC(=O)CC(C)NCCC(C)(C)NC(=O)Nc1ccc(Cl)cc1. The third-order valence-corrected chi connectivity index (χ3v) is 4.25. The Balaban J connectivity index is 2.30. The molecular weight excluding hydrogens is 364 g/mol. The molecule has 0 saturated carbocycles. The monoisotopic (exact) mass is 396 g/mol. The van der Waals surface area contributed by atoms with Crippen molar-refractivity contribution in [3.8, 4) is 0 Å². The van der Waals surface area contributed by atoms with Crippen molar-refractivity contribution in [2.24, 2.45) is 5.92 Å². The molecule has 27 heavy (non-hydrogen) atoms. The van der Waals surface area contributed by atoms with Crippen molar-refractivity contribution in [1.29, 1.82) is 0 Å². The Morgan fingerprint density at radius 3 is 2.33 bits per heavy atom. The highest BCUT2D eigenvalue weighted by Crippen LogP contribution is 2.14. The molecule has 4 N–H and O–H groups in total. The summed E-state index contributed by atoms with van der Waals surface area (Å²) >= 11 is 5.84. The largest absolute Gasteiger partial charge is 0.356 e. The van der Waals surface area contributed by atoms with Crippen molar-refractivity contribution in [2.75, 3.05) is 18.4 Å². The molecule has 0 heterocycles. The van der Waals surface area contributed by atoms with Crippen molar-refractivity contribution in [3.63, 3.8) is 0 Å². The van der Waals surface area contributed by atoms with Gasteiger partial charge in [0.1, 0.15) is 0 Å². The molecule has 1 aromatic rings. The quantitative estimate of drug-likeness (QED) is 0.485. The average molecular weight is 397 g/mol. The molecule has 7 heteroatoms. The molecule has 3 amide bonds. The fraction of sp³-hybridized carbons (Fsp3) is 0.600. The van der Waals surface area contributed by atoms with Crippen LogP contribution in [0.3, 0.4) is 0 Å². The number of benzene rings is 1. The molecule has 1 aromatic carbocycles. The molecule has 1 atom stereocenters. The average Bonchev–Trinajstić information content (AvgIpc) is 2.54. The van der Waals surface area contributed by atoms with Gasteiger partial charge in [-0.15, -0.1) is 0 Å². The van der Waals surface area contributed by atoms with Crippen molar-refractivity contribution >= 4 is 29.2 Å². The Labute approximate surface area is 167 Å². The molecule has 0 aliphatic carbocycles. The zero-order valence-electron chi connectivity index (χ0n) is 17.0. The molecule has 0 aliphatic rings. The van der Waals surface area contributed by atoms with Crippen molar-refractivity contribution in [2.45, 2.75) is 59.0 Å². The Bertz CT molecular complexity index is 603. The third kappa shape index (κ3) is 10.8. The summed E-state index contributed by atoms with van der Waals surface area (Å²) in [5.41, 5.74) is 0.301. The number of carbonyl (C=O) groups is 2. The van der Waals surface area contributed by atoms with Gasteiger partial charge in [0.15, 0.2) is 0 Å². The summed E-state index contributed by atoms with van der Waals surface area (Å²) in [6, 6.07) is 6.78. The fourth-order valence-corrected chi connectivity index (χ4v) is 2.56. The van der Waals surface area contributed by atoms with Gasteiger partial charge in [0.2, 0.25) is 5.91 Å². The van der Waals surface area contributed by atoms with E-state index in [1.54, 1.807) is 24.3 Å². The first-order valence-electron chi connectivity index (χ1n) is 9.42. The van der Waals surface area contributed by atoms with Gasteiger partial charge in [0.05, 0.1) is 0 Å². The summed E-state index contributed by atoms with van der Waals surface area (Å²) in [5, 5.41) is 12.6. The van der Waals surface area contributed by atoms with Gasteiger partial charge in [-0.25, -0.2) is 4.79 Å². The maximum absolute atomic E-state index is 12.2. The maximum atomic E-state index is 12.2. The zero-order chi connectivity index (χ0) is 20.4. The molecule has 152 valence electrons. The van der Waals surface area contributed by atoms with E-state index in [0.717, 1.165) is 6.42 Å². The summed E-state index contributed by atoms with van der Waals surface area (Å²) in [5.74, 6) is 0.506. The molecule has 1 rings (SSSR count). The second-order valence-corrected chi connectivity index (χ2v) is 8.41. The van der Waals surface area contributed by atoms with Crippen LogP contribution in [0, 0.1) is 5.92 Å². The van der Waals surface area contributed by atoms with E-state index < -0.39 is 0 Å². The summed E-state index contributed by atoms with van der Waals surface area (Å²) in [4.78, 5) is 24.0. The highest BCUT2D eigenvalue weighted by atomic mass is 35.5. The summed E-state index contributed by atoms with van der Waals surface area (Å²) in [6.45, 7) is 11.5. The first kappa shape index (κ1) is 23.2. The fourth-order valence-electron chi connectivity index (χ4n) is 2.44. The number of hydrogen-bond acceptors (Lipinski definition) is 3.